The Kier molecular flexibility index (Phi) is 4.10. The van der Waals surface area contributed by atoms with E-state index in [0.717, 1.165) is 29.9 Å². The van der Waals surface area contributed by atoms with Crippen LogP contribution < -0.4 is 5.32 Å². The van der Waals surface area contributed by atoms with Gasteiger partial charge in [0, 0.05) is 36.0 Å². The molecule has 3 heterocycles. The summed E-state index contributed by atoms with van der Waals surface area (Å²) in [5, 5.41) is 2.93. The number of aromatic nitrogens is 1. The van der Waals surface area contributed by atoms with Crippen molar-refractivity contribution in [2.24, 2.45) is 0 Å². The van der Waals surface area contributed by atoms with E-state index in [9.17, 15) is 4.79 Å². The maximum Gasteiger partial charge on any atom is 0.253 e. The van der Waals surface area contributed by atoms with Gasteiger partial charge in [-0.2, -0.15) is 0 Å². The summed E-state index contributed by atoms with van der Waals surface area (Å²) >= 11 is 7.41. The third-order valence-corrected chi connectivity index (χ3v) is 4.61. The quantitative estimate of drug-likeness (QED) is 0.910. The van der Waals surface area contributed by atoms with Crippen LogP contribution in [0, 0.1) is 0 Å². The predicted octanol–water partition coefficient (Wildman–Crippen LogP) is 3.31. The number of thiophene rings is 1. The minimum atomic E-state index is -0.0822. The van der Waals surface area contributed by atoms with E-state index in [4.69, 9.17) is 16.3 Å². The highest BCUT2D eigenvalue weighted by Gasteiger charge is 2.19. The zero-order valence-corrected chi connectivity index (χ0v) is 12.4. The van der Waals surface area contributed by atoms with Gasteiger partial charge < -0.3 is 15.0 Å². The van der Waals surface area contributed by atoms with Crippen LogP contribution in [0.25, 0.3) is 10.4 Å². The summed E-state index contributed by atoms with van der Waals surface area (Å²) in [7, 11) is 0. The molecule has 2 aromatic rings. The topological polar surface area (TPSA) is 54.1 Å². The van der Waals surface area contributed by atoms with Gasteiger partial charge in [-0.15, -0.1) is 11.3 Å². The number of hydrogen-bond donors (Lipinski definition) is 2. The summed E-state index contributed by atoms with van der Waals surface area (Å²) in [6.07, 6.45) is 5.78. The average Bonchev–Trinajstić information content (AvgIpc) is 3.16. The van der Waals surface area contributed by atoms with Crippen molar-refractivity contribution >= 4 is 28.8 Å². The second kappa shape index (κ2) is 5.99. The Morgan fingerprint density at radius 1 is 1.50 bits per heavy atom. The Morgan fingerprint density at radius 3 is 3.10 bits per heavy atom. The molecule has 1 aliphatic rings. The lowest BCUT2D eigenvalue weighted by molar-refractivity contribution is 0.0858. The summed E-state index contributed by atoms with van der Waals surface area (Å²) in [4.78, 5) is 16.2. The average molecular weight is 311 g/mol. The van der Waals surface area contributed by atoms with Gasteiger partial charge in [-0.25, -0.2) is 0 Å². The minimum Gasteiger partial charge on any atom is -0.376 e. The Labute approximate surface area is 126 Å². The van der Waals surface area contributed by atoms with Gasteiger partial charge in [0.1, 0.15) is 0 Å². The fourth-order valence-electron chi connectivity index (χ4n) is 2.32. The summed E-state index contributed by atoms with van der Waals surface area (Å²) in [5.74, 6) is -0.0822. The molecule has 0 spiro atoms. The Morgan fingerprint density at radius 2 is 2.40 bits per heavy atom. The van der Waals surface area contributed by atoms with Crippen molar-refractivity contribution in [1.82, 2.24) is 10.3 Å². The van der Waals surface area contributed by atoms with E-state index in [0.29, 0.717) is 16.4 Å². The number of nitrogens with one attached hydrogen (secondary N) is 2. The molecule has 2 aromatic heterocycles. The number of ether oxygens (including phenoxy) is 1. The smallest absolute Gasteiger partial charge is 0.253 e. The molecule has 0 bridgehead atoms. The van der Waals surface area contributed by atoms with E-state index in [1.54, 1.807) is 6.20 Å². The summed E-state index contributed by atoms with van der Waals surface area (Å²) in [6.45, 7) is 1.36. The molecule has 1 unspecified atom stereocenters. The van der Waals surface area contributed by atoms with Crippen LogP contribution in [0.2, 0.25) is 4.34 Å². The Bertz CT molecular complexity index is 602. The van der Waals surface area contributed by atoms with E-state index in [1.807, 2.05) is 18.3 Å². The fourth-order valence-corrected chi connectivity index (χ4v) is 3.40. The van der Waals surface area contributed by atoms with Gasteiger partial charge in [-0.05, 0) is 25.0 Å². The van der Waals surface area contributed by atoms with Crippen LogP contribution in [0.1, 0.15) is 23.2 Å². The molecule has 106 valence electrons. The number of H-pyrrole nitrogens is 1. The zero-order valence-electron chi connectivity index (χ0n) is 10.8. The highest BCUT2D eigenvalue weighted by atomic mass is 35.5. The van der Waals surface area contributed by atoms with Gasteiger partial charge in [0.2, 0.25) is 0 Å². The van der Waals surface area contributed by atoms with E-state index >= 15 is 0 Å². The largest absolute Gasteiger partial charge is 0.376 e. The Balaban J connectivity index is 1.70. The standard InChI is InChI=1S/C14H15ClN2O2S/c15-13-4-3-12(20-13)10-7-16-8-11(10)14(18)17-6-9-2-1-5-19-9/h3-4,7-9,16H,1-2,5-6H2,(H,17,18). The molecule has 2 N–H and O–H groups in total. The maximum atomic E-state index is 12.2. The maximum absolute atomic E-state index is 12.2. The van der Waals surface area contributed by atoms with Gasteiger partial charge in [0.05, 0.1) is 16.0 Å². The third kappa shape index (κ3) is 2.90. The number of amides is 1. The normalized spacial score (nSPS) is 18.4. The molecule has 0 aliphatic carbocycles. The molecular formula is C14H15ClN2O2S. The Hall–Kier alpha value is -1.30. The van der Waals surface area contributed by atoms with Gasteiger partial charge in [0.25, 0.3) is 5.91 Å². The van der Waals surface area contributed by atoms with Crippen molar-refractivity contribution in [3.05, 3.63) is 34.4 Å². The number of halogens is 1. The van der Waals surface area contributed by atoms with E-state index in [2.05, 4.69) is 10.3 Å². The molecule has 1 saturated heterocycles. The van der Waals surface area contributed by atoms with E-state index in [1.165, 1.54) is 11.3 Å². The van der Waals surface area contributed by atoms with Crippen molar-refractivity contribution < 1.29 is 9.53 Å². The lowest BCUT2D eigenvalue weighted by Gasteiger charge is -2.10. The van der Waals surface area contributed by atoms with Crippen LogP contribution in [0.15, 0.2) is 24.5 Å². The summed E-state index contributed by atoms with van der Waals surface area (Å²) in [5.41, 5.74) is 1.52. The first-order valence-electron chi connectivity index (χ1n) is 6.56. The highest BCUT2D eigenvalue weighted by molar-refractivity contribution is 7.19. The van der Waals surface area contributed by atoms with Crippen molar-refractivity contribution in [2.45, 2.75) is 18.9 Å². The zero-order chi connectivity index (χ0) is 13.9. The van der Waals surface area contributed by atoms with Gasteiger partial charge in [-0.1, -0.05) is 11.6 Å². The first-order valence-corrected chi connectivity index (χ1v) is 7.76. The van der Waals surface area contributed by atoms with Gasteiger partial charge in [0.15, 0.2) is 0 Å². The van der Waals surface area contributed by atoms with Crippen molar-refractivity contribution in [3.8, 4) is 10.4 Å². The van der Waals surface area contributed by atoms with Crippen LogP contribution in [-0.4, -0.2) is 30.1 Å². The lowest BCUT2D eigenvalue weighted by atomic mass is 10.1. The van der Waals surface area contributed by atoms with Crippen molar-refractivity contribution in [2.75, 3.05) is 13.2 Å². The summed E-state index contributed by atoms with van der Waals surface area (Å²) in [6, 6.07) is 3.76. The van der Waals surface area contributed by atoms with Crippen LogP contribution in [0.3, 0.4) is 0 Å². The molecule has 1 amide bonds. The highest BCUT2D eigenvalue weighted by Crippen LogP contribution is 2.33. The second-order valence-electron chi connectivity index (χ2n) is 4.73. The molecular weight excluding hydrogens is 296 g/mol. The molecule has 1 fully saturated rings. The molecule has 0 aromatic carbocycles. The van der Waals surface area contributed by atoms with Crippen LogP contribution in [0.5, 0.6) is 0 Å². The fraction of sp³-hybridized carbons (Fsp3) is 0.357. The van der Waals surface area contributed by atoms with Gasteiger partial charge in [-0.3, -0.25) is 4.79 Å². The van der Waals surface area contributed by atoms with Crippen molar-refractivity contribution in [3.63, 3.8) is 0 Å². The predicted molar refractivity (Wildman–Crippen MR) is 80.4 cm³/mol. The SMILES string of the molecule is O=C(NCC1CCCO1)c1c[nH]cc1-c1ccc(Cl)s1. The molecule has 4 nitrogen and oxygen atoms in total. The minimum absolute atomic E-state index is 0.0822. The molecule has 6 heteroatoms. The first-order chi connectivity index (χ1) is 9.74. The molecule has 3 rings (SSSR count). The number of carbonyl (C=O) groups is 1. The molecule has 0 saturated carbocycles. The van der Waals surface area contributed by atoms with Crippen LogP contribution in [0.4, 0.5) is 0 Å². The number of carbonyl (C=O) groups excluding carboxylic acids is 1. The molecule has 20 heavy (non-hydrogen) atoms. The third-order valence-electron chi connectivity index (χ3n) is 3.34. The van der Waals surface area contributed by atoms with Crippen LogP contribution in [-0.2, 0) is 4.74 Å². The number of hydrogen-bond acceptors (Lipinski definition) is 3. The first kappa shape index (κ1) is 13.7. The number of rotatable bonds is 4. The van der Waals surface area contributed by atoms with E-state index in [-0.39, 0.29) is 12.0 Å². The van der Waals surface area contributed by atoms with Crippen molar-refractivity contribution in [1.29, 1.82) is 0 Å². The lowest BCUT2D eigenvalue weighted by Crippen LogP contribution is -2.31. The number of aromatic amines is 1. The van der Waals surface area contributed by atoms with Crippen LogP contribution >= 0.6 is 22.9 Å². The molecule has 1 atom stereocenters. The molecule has 0 radical (unpaired) electrons. The molecule has 1 aliphatic heterocycles. The second-order valence-corrected chi connectivity index (χ2v) is 6.45. The summed E-state index contributed by atoms with van der Waals surface area (Å²) < 4.78 is 6.22. The monoisotopic (exact) mass is 310 g/mol. The van der Waals surface area contributed by atoms with E-state index < -0.39 is 0 Å². The van der Waals surface area contributed by atoms with Gasteiger partial charge >= 0.3 is 0 Å².